The molecule has 0 spiro atoms. The molecule has 2 amide bonds. The van der Waals surface area contributed by atoms with Gasteiger partial charge in [0.05, 0.1) is 12.6 Å². The Morgan fingerprint density at radius 2 is 2.24 bits per heavy atom. The Morgan fingerprint density at radius 1 is 1.48 bits per heavy atom. The molecule has 1 heterocycles. The largest absolute Gasteiger partial charge is 0.465 e. The quantitative estimate of drug-likeness (QED) is 0.880. The molecular formula is C14H17ClN2O4. The van der Waals surface area contributed by atoms with Gasteiger partial charge in [0.1, 0.15) is 0 Å². The van der Waals surface area contributed by atoms with Gasteiger partial charge in [-0.05, 0) is 30.2 Å². The van der Waals surface area contributed by atoms with E-state index in [1.807, 2.05) is 0 Å². The maximum atomic E-state index is 11.4. The van der Waals surface area contributed by atoms with E-state index in [1.165, 1.54) is 11.8 Å². The molecule has 2 N–H and O–H groups in total. The Kier molecular flexibility index (Phi) is 5.03. The van der Waals surface area contributed by atoms with Gasteiger partial charge in [0.15, 0.2) is 0 Å². The zero-order chi connectivity index (χ0) is 15.4. The van der Waals surface area contributed by atoms with E-state index in [4.69, 9.17) is 16.3 Å². The first-order valence-electron chi connectivity index (χ1n) is 6.63. The van der Waals surface area contributed by atoms with E-state index in [2.05, 4.69) is 5.32 Å². The van der Waals surface area contributed by atoms with E-state index in [9.17, 15) is 14.7 Å². The molecule has 2 rings (SSSR count). The van der Waals surface area contributed by atoms with Gasteiger partial charge in [-0.2, -0.15) is 0 Å². The highest BCUT2D eigenvalue weighted by molar-refractivity contribution is 6.31. The van der Waals surface area contributed by atoms with Crippen molar-refractivity contribution < 1.29 is 19.4 Å². The molecule has 1 aromatic carbocycles. The first kappa shape index (κ1) is 15.6. The van der Waals surface area contributed by atoms with Crippen LogP contribution in [0.2, 0.25) is 5.02 Å². The molecule has 0 aromatic heterocycles. The summed E-state index contributed by atoms with van der Waals surface area (Å²) in [6, 6.07) is 4.54. The molecule has 6 nitrogen and oxygen atoms in total. The van der Waals surface area contributed by atoms with Gasteiger partial charge in [0.25, 0.3) is 0 Å². The molecule has 114 valence electrons. The third-order valence-corrected chi connectivity index (χ3v) is 3.60. The topological polar surface area (TPSA) is 78.9 Å². The molecule has 0 saturated carbocycles. The van der Waals surface area contributed by atoms with Crippen molar-refractivity contribution in [3.8, 4) is 0 Å². The van der Waals surface area contributed by atoms with Crippen LogP contribution in [0.15, 0.2) is 18.2 Å². The summed E-state index contributed by atoms with van der Waals surface area (Å²) in [6.45, 7) is 2.56. The van der Waals surface area contributed by atoms with Crippen LogP contribution in [0.4, 0.5) is 10.5 Å². The molecule has 1 aliphatic heterocycles. The lowest BCUT2D eigenvalue weighted by Gasteiger charge is -2.28. The number of hydrogen-bond acceptors (Lipinski definition) is 3. The summed E-state index contributed by atoms with van der Waals surface area (Å²) in [6.07, 6.45) is -0.363. The Morgan fingerprint density at radius 3 is 2.90 bits per heavy atom. The number of rotatable bonds is 2. The van der Waals surface area contributed by atoms with Crippen LogP contribution >= 0.6 is 11.6 Å². The van der Waals surface area contributed by atoms with Crippen molar-refractivity contribution in [2.45, 2.75) is 19.4 Å². The number of amides is 2. The average molecular weight is 313 g/mol. The number of nitrogens with one attached hydrogen (secondary N) is 1. The van der Waals surface area contributed by atoms with Gasteiger partial charge in [-0.25, -0.2) is 4.79 Å². The molecule has 1 saturated heterocycles. The predicted octanol–water partition coefficient (Wildman–Crippen LogP) is 2.74. The SMILES string of the molecule is CC(=O)Nc1ccc(Cl)c(C2COCCCN2C(=O)O)c1. The molecule has 0 radical (unpaired) electrons. The standard InChI is InChI=1S/C14H17ClN2O4/c1-9(18)16-10-3-4-12(15)11(7-10)13-8-21-6-2-5-17(13)14(19)20/h3-4,7,13H,2,5-6,8H2,1H3,(H,16,18)(H,19,20). The maximum Gasteiger partial charge on any atom is 0.407 e. The fraction of sp³-hybridized carbons (Fsp3) is 0.429. The summed E-state index contributed by atoms with van der Waals surface area (Å²) in [5, 5.41) is 12.5. The number of carboxylic acid groups (broad SMARTS) is 1. The van der Waals surface area contributed by atoms with Gasteiger partial charge < -0.3 is 15.2 Å². The molecule has 7 heteroatoms. The van der Waals surface area contributed by atoms with Crippen molar-refractivity contribution >= 4 is 29.3 Å². The van der Waals surface area contributed by atoms with Gasteiger partial charge >= 0.3 is 6.09 Å². The highest BCUT2D eigenvalue weighted by atomic mass is 35.5. The molecule has 21 heavy (non-hydrogen) atoms. The maximum absolute atomic E-state index is 11.4. The van der Waals surface area contributed by atoms with E-state index in [1.54, 1.807) is 18.2 Å². The summed E-state index contributed by atoms with van der Waals surface area (Å²) >= 11 is 6.20. The lowest BCUT2D eigenvalue weighted by Crippen LogP contribution is -2.35. The predicted molar refractivity (Wildman–Crippen MR) is 78.7 cm³/mol. The van der Waals surface area contributed by atoms with Crippen molar-refractivity contribution in [1.82, 2.24) is 4.90 Å². The Hall–Kier alpha value is -1.79. The fourth-order valence-electron chi connectivity index (χ4n) is 2.34. The van der Waals surface area contributed by atoms with E-state index in [-0.39, 0.29) is 12.5 Å². The van der Waals surface area contributed by atoms with Gasteiger partial charge in [-0.3, -0.25) is 9.69 Å². The Balaban J connectivity index is 2.36. The molecule has 1 atom stereocenters. The Bertz CT molecular complexity index is 550. The minimum Gasteiger partial charge on any atom is -0.465 e. The minimum absolute atomic E-state index is 0.199. The second-order valence-corrected chi connectivity index (χ2v) is 5.24. The van der Waals surface area contributed by atoms with Gasteiger partial charge in [0.2, 0.25) is 5.91 Å². The van der Waals surface area contributed by atoms with Gasteiger partial charge in [-0.15, -0.1) is 0 Å². The third kappa shape index (κ3) is 3.86. The first-order chi connectivity index (χ1) is 9.99. The third-order valence-electron chi connectivity index (χ3n) is 3.26. The van der Waals surface area contributed by atoms with Crippen LogP contribution in [0, 0.1) is 0 Å². The number of carbonyl (C=O) groups is 2. The number of halogens is 1. The molecular weight excluding hydrogens is 296 g/mol. The molecule has 0 aliphatic carbocycles. The highest BCUT2D eigenvalue weighted by Crippen LogP contribution is 2.32. The van der Waals surface area contributed by atoms with Crippen LogP contribution in [0.5, 0.6) is 0 Å². The molecule has 0 bridgehead atoms. The number of benzene rings is 1. The van der Waals surface area contributed by atoms with E-state index in [0.717, 1.165) is 0 Å². The number of nitrogens with zero attached hydrogens (tertiary/aromatic N) is 1. The van der Waals surface area contributed by atoms with Crippen LogP contribution < -0.4 is 5.32 Å². The number of carbonyl (C=O) groups excluding carboxylic acids is 1. The smallest absolute Gasteiger partial charge is 0.407 e. The molecule has 1 unspecified atom stereocenters. The van der Waals surface area contributed by atoms with E-state index in [0.29, 0.717) is 35.8 Å². The molecule has 1 fully saturated rings. The van der Waals surface area contributed by atoms with Crippen molar-refractivity contribution in [3.63, 3.8) is 0 Å². The van der Waals surface area contributed by atoms with Crippen LogP contribution in [-0.4, -0.2) is 41.8 Å². The summed E-state index contributed by atoms with van der Waals surface area (Å²) in [5.74, 6) is -0.199. The van der Waals surface area contributed by atoms with E-state index < -0.39 is 12.1 Å². The number of anilines is 1. The number of hydrogen-bond donors (Lipinski definition) is 2. The molecule has 1 aliphatic rings. The van der Waals surface area contributed by atoms with E-state index >= 15 is 0 Å². The van der Waals surface area contributed by atoms with Crippen molar-refractivity contribution in [3.05, 3.63) is 28.8 Å². The lowest BCUT2D eigenvalue weighted by molar-refractivity contribution is -0.114. The summed E-state index contributed by atoms with van der Waals surface area (Å²) in [4.78, 5) is 23.9. The number of ether oxygens (including phenoxy) is 1. The van der Waals surface area contributed by atoms with Crippen LogP contribution in [-0.2, 0) is 9.53 Å². The van der Waals surface area contributed by atoms with Gasteiger partial charge in [0, 0.05) is 30.8 Å². The fourth-order valence-corrected chi connectivity index (χ4v) is 2.59. The normalized spacial score (nSPS) is 19.0. The van der Waals surface area contributed by atoms with Crippen molar-refractivity contribution in [2.24, 2.45) is 0 Å². The van der Waals surface area contributed by atoms with Crippen LogP contribution in [0.1, 0.15) is 24.9 Å². The van der Waals surface area contributed by atoms with Crippen LogP contribution in [0.25, 0.3) is 0 Å². The van der Waals surface area contributed by atoms with Crippen molar-refractivity contribution in [1.29, 1.82) is 0 Å². The first-order valence-corrected chi connectivity index (χ1v) is 7.01. The summed E-state index contributed by atoms with van der Waals surface area (Å²) in [5.41, 5.74) is 1.21. The second-order valence-electron chi connectivity index (χ2n) is 4.84. The average Bonchev–Trinajstić information content (AvgIpc) is 2.66. The second kappa shape index (κ2) is 6.78. The minimum atomic E-state index is -1.01. The highest BCUT2D eigenvalue weighted by Gasteiger charge is 2.28. The Labute approximate surface area is 127 Å². The lowest BCUT2D eigenvalue weighted by atomic mass is 10.1. The van der Waals surface area contributed by atoms with Crippen LogP contribution in [0.3, 0.4) is 0 Å². The van der Waals surface area contributed by atoms with Gasteiger partial charge in [-0.1, -0.05) is 11.6 Å². The molecule has 1 aromatic rings. The monoisotopic (exact) mass is 312 g/mol. The zero-order valence-corrected chi connectivity index (χ0v) is 12.4. The summed E-state index contributed by atoms with van der Waals surface area (Å²) in [7, 11) is 0. The zero-order valence-electron chi connectivity index (χ0n) is 11.6. The van der Waals surface area contributed by atoms with Crippen molar-refractivity contribution in [2.75, 3.05) is 25.1 Å². The summed E-state index contributed by atoms with van der Waals surface area (Å²) < 4.78 is 5.47.